The first kappa shape index (κ1) is 18.0. The molecule has 0 aromatic rings. The largest absolute Gasteiger partial charge is 0.329 e. The van der Waals surface area contributed by atoms with Gasteiger partial charge < -0.3 is 9.80 Å². The number of hydrogen-bond acceptors (Lipinski definition) is 3. The van der Waals surface area contributed by atoms with Crippen LogP contribution >= 0.6 is 0 Å². The van der Waals surface area contributed by atoms with Crippen LogP contribution < -0.4 is 0 Å². The maximum Gasteiger partial charge on any atom is 0.246 e. The molecule has 0 unspecified atom stereocenters. The molecule has 120 valence electrons. The van der Waals surface area contributed by atoms with Crippen LogP contribution in [0.1, 0.15) is 40.5 Å². The highest BCUT2D eigenvalue weighted by atomic mass is 16.2. The molecular weight excluding hydrogens is 278 g/mol. The number of rotatable bonds is 3. The number of nitriles is 1. The molecule has 5 nitrogen and oxygen atoms in total. The summed E-state index contributed by atoms with van der Waals surface area (Å²) < 4.78 is 0. The second-order valence-corrected chi connectivity index (χ2v) is 7.10. The van der Waals surface area contributed by atoms with E-state index < -0.39 is 16.6 Å². The van der Waals surface area contributed by atoms with Gasteiger partial charge in [0.25, 0.3) is 0 Å². The molecule has 0 aromatic heterocycles. The first-order valence-electron chi connectivity index (χ1n) is 7.26. The molecule has 0 aliphatic carbocycles. The van der Waals surface area contributed by atoms with Gasteiger partial charge in [-0.1, -0.05) is 13.2 Å². The number of likely N-dealkylation sites (N-methyl/N-ethyl adjacent to an activating group) is 1. The number of amides is 2. The summed E-state index contributed by atoms with van der Waals surface area (Å²) in [6.07, 6.45) is 3.24. The van der Waals surface area contributed by atoms with Crippen molar-refractivity contribution >= 4 is 11.8 Å². The van der Waals surface area contributed by atoms with E-state index >= 15 is 0 Å². The predicted octanol–water partition coefficient (Wildman–Crippen LogP) is 2.26. The Labute approximate surface area is 132 Å². The zero-order valence-corrected chi connectivity index (χ0v) is 14.1. The number of carbonyl (C=O) groups excluding carboxylic acids is 2. The van der Waals surface area contributed by atoms with Crippen molar-refractivity contribution in [3.8, 4) is 6.07 Å². The van der Waals surface area contributed by atoms with E-state index in [1.807, 2.05) is 27.7 Å². The van der Waals surface area contributed by atoms with Crippen molar-refractivity contribution in [2.45, 2.75) is 57.2 Å². The van der Waals surface area contributed by atoms with Crippen LogP contribution in [-0.4, -0.2) is 45.3 Å². The molecule has 1 fully saturated rings. The van der Waals surface area contributed by atoms with Gasteiger partial charge >= 0.3 is 0 Å². The smallest absolute Gasteiger partial charge is 0.246 e. The predicted molar refractivity (Wildman–Crippen MR) is 85.7 cm³/mol. The summed E-state index contributed by atoms with van der Waals surface area (Å²) in [6, 6.07) is 2.31. The third-order valence-corrected chi connectivity index (χ3v) is 4.41. The molecule has 0 radical (unpaired) electrons. The fraction of sp³-hybridized carbons (Fsp3) is 0.588. The molecule has 5 heteroatoms. The molecule has 1 rings (SSSR count). The quantitative estimate of drug-likeness (QED) is 0.751. The molecule has 0 spiro atoms. The number of nitrogens with zero attached hydrogens (tertiary/aromatic N) is 3. The van der Waals surface area contributed by atoms with Gasteiger partial charge in [0.05, 0.1) is 6.07 Å². The third kappa shape index (κ3) is 2.78. The van der Waals surface area contributed by atoms with Crippen molar-refractivity contribution in [2.75, 3.05) is 7.05 Å². The lowest BCUT2D eigenvalue weighted by Crippen LogP contribution is -2.70. The van der Waals surface area contributed by atoms with E-state index in [0.29, 0.717) is 12.8 Å². The maximum absolute atomic E-state index is 12.3. The van der Waals surface area contributed by atoms with Gasteiger partial charge in [0.2, 0.25) is 11.8 Å². The highest BCUT2D eigenvalue weighted by Crippen LogP contribution is 2.45. The fourth-order valence-corrected chi connectivity index (χ4v) is 3.90. The van der Waals surface area contributed by atoms with E-state index in [9.17, 15) is 14.9 Å². The minimum Gasteiger partial charge on any atom is -0.329 e. The minimum atomic E-state index is -0.976. The summed E-state index contributed by atoms with van der Waals surface area (Å²) in [5.74, 6) is -0.462. The van der Waals surface area contributed by atoms with E-state index in [1.54, 1.807) is 11.9 Å². The van der Waals surface area contributed by atoms with Crippen LogP contribution in [0.3, 0.4) is 0 Å². The van der Waals surface area contributed by atoms with Gasteiger partial charge in [0, 0.05) is 31.0 Å². The third-order valence-electron chi connectivity index (χ3n) is 4.41. The van der Waals surface area contributed by atoms with Crippen molar-refractivity contribution in [1.29, 1.82) is 5.26 Å². The molecule has 0 N–H and O–H groups in total. The number of carbonyl (C=O) groups is 2. The van der Waals surface area contributed by atoms with E-state index in [1.165, 1.54) is 17.1 Å². The Bertz CT molecular complexity index is 537. The van der Waals surface area contributed by atoms with Crippen molar-refractivity contribution < 1.29 is 9.59 Å². The van der Waals surface area contributed by atoms with Crippen LogP contribution in [0.4, 0.5) is 0 Å². The highest BCUT2D eigenvalue weighted by Gasteiger charge is 2.56. The highest BCUT2D eigenvalue weighted by molar-refractivity contribution is 5.89. The summed E-state index contributed by atoms with van der Waals surface area (Å²) in [4.78, 5) is 27.5. The molecular formula is C17H25N3O2. The molecule has 0 atom stereocenters. The lowest BCUT2D eigenvalue weighted by atomic mass is 9.68. The van der Waals surface area contributed by atoms with Gasteiger partial charge in [-0.05, 0) is 39.8 Å². The lowest BCUT2D eigenvalue weighted by molar-refractivity contribution is -0.153. The summed E-state index contributed by atoms with van der Waals surface area (Å²) in [7, 11) is 1.62. The summed E-state index contributed by atoms with van der Waals surface area (Å²) in [6.45, 7) is 14.7. The Morgan fingerprint density at radius 2 is 1.59 bits per heavy atom. The van der Waals surface area contributed by atoms with Crippen LogP contribution in [-0.2, 0) is 9.59 Å². The number of likely N-dealkylation sites (tertiary alicyclic amines) is 1. The lowest BCUT2D eigenvalue weighted by Gasteiger charge is -2.59. The normalized spacial score (nSPS) is 21.4. The Balaban J connectivity index is 3.40. The zero-order valence-electron chi connectivity index (χ0n) is 14.1. The molecule has 1 heterocycles. The minimum absolute atomic E-state index is 0.167. The van der Waals surface area contributed by atoms with E-state index in [-0.39, 0.29) is 11.8 Å². The average Bonchev–Trinajstić information content (AvgIpc) is 2.42. The topological polar surface area (TPSA) is 64.4 Å². The first-order valence-corrected chi connectivity index (χ1v) is 7.26. The van der Waals surface area contributed by atoms with Crippen LogP contribution in [0.25, 0.3) is 0 Å². The zero-order chi connectivity index (χ0) is 17.3. The second kappa shape index (κ2) is 5.60. The maximum atomic E-state index is 12.3. The monoisotopic (exact) mass is 303 g/mol. The molecule has 0 bridgehead atoms. The first-order chi connectivity index (χ1) is 9.97. The Hall–Kier alpha value is -2.09. The Morgan fingerprint density at radius 1 is 1.14 bits per heavy atom. The molecule has 1 aliphatic rings. The molecule has 0 saturated carbocycles. The summed E-state index contributed by atoms with van der Waals surface area (Å²) >= 11 is 0. The van der Waals surface area contributed by atoms with E-state index in [2.05, 4.69) is 19.2 Å². The van der Waals surface area contributed by atoms with Crippen molar-refractivity contribution in [1.82, 2.24) is 9.80 Å². The SMILES string of the molecule is C=CC(=O)N1C(C)(C)CC(C#N)(N(C)C(=O)C=C)CC1(C)C. The van der Waals surface area contributed by atoms with Crippen LogP contribution in [0.2, 0.25) is 0 Å². The van der Waals surface area contributed by atoms with Gasteiger partial charge in [0.1, 0.15) is 5.54 Å². The average molecular weight is 303 g/mol. The second-order valence-electron chi connectivity index (χ2n) is 7.10. The fourth-order valence-electron chi connectivity index (χ4n) is 3.90. The Morgan fingerprint density at radius 3 is 1.91 bits per heavy atom. The van der Waals surface area contributed by atoms with Gasteiger partial charge in [-0.25, -0.2) is 0 Å². The molecule has 22 heavy (non-hydrogen) atoms. The number of hydrogen-bond donors (Lipinski definition) is 0. The van der Waals surface area contributed by atoms with Crippen molar-refractivity contribution in [2.24, 2.45) is 0 Å². The molecule has 1 aliphatic heterocycles. The van der Waals surface area contributed by atoms with Gasteiger partial charge in [-0.2, -0.15) is 5.26 Å². The van der Waals surface area contributed by atoms with E-state index in [0.717, 1.165) is 0 Å². The van der Waals surface area contributed by atoms with Crippen LogP contribution in [0, 0.1) is 11.3 Å². The molecule has 1 saturated heterocycles. The standard InChI is InChI=1S/C17H25N3O2/c1-8-13(21)19(7)17(12-18)10-15(3,4)20(14(22)9-2)16(5,6)11-17/h8-9H,1-2,10-11H2,3-7H3. The molecule has 2 amide bonds. The van der Waals surface area contributed by atoms with Crippen molar-refractivity contribution in [3.05, 3.63) is 25.3 Å². The van der Waals surface area contributed by atoms with E-state index in [4.69, 9.17) is 0 Å². The molecule has 0 aromatic carbocycles. The Kier molecular flexibility index (Phi) is 4.57. The van der Waals surface area contributed by atoms with Gasteiger partial charge in [-0.3, -0.25) is 9.59 Å². The summed E-state index contributed by atoms with van der Waals surface area (Å²) in [5.41, 5.74) is -2.15. The van der Waals surface area contributed by atoms with Gasteiger partial charge in [-0.15, -0.1) is 0 Å². The summed E-state index contributed by atoms with van der Waals surface area (Å²) in [5, 5.41) is 9.80. The van der Waals surface area contributed by atoms with Crippen LogP contribution in [0.5, 0.6) is 0 Å². The number of piperidine rings is 1. The van der Waals surface area contributed by atoms with Crippen molar-refractivity contribution in [3.63, 3.8) is 0 Å². The van der Waals surface area contributed by atoms with Crippen LogP contribution in [0.15, 0.2) is 25.3 Å². The van der Waals surface area contributed by atoms with Gasteiger partial charge in [0.15, 0.2) is 0 Å².